The van der Waals surface area contributed by atoms with E-state index in [0.29, 0.717) is 32.4 Å². The summed E-state index contributed by atoms with van der Waals surface area (Å²) >= 11 is 0. The number of piperidine rings is 1. The molecule has 1 aliphatic heterocycles. The van der Waals surface area contributed by atoms with Crippen LogP contribution in [0.25, 0.3) is 0 Å². The zero-order chi connectivity index (χ0) is 16.9. The van der Waals surface area contributed by atoms with Gasteiger partial charge in [-0.1, -0.05) is 13.8 Å². The minimum Gasteiger partial charge on any atom is -0.359 e. The third-order valence-corrected chi connectivity index (χ3v) is 4.50. The minimum atomic E-state index is -3.44. The number of nitrogens with one attached hydrogen (secondary N) is 2. The summed E-state index contributed by atoms with van der Waals surface area (Å²) in [5.41, 5.74) is 0. The molecule has 2 N–H and O–H groups in total. The lowest BCUT2D eigenvalue weighted by Gasteiger charge is -2.34. The van der Waals surface area contributed by atoms with Gasteiger partial charge in [-0.05, 0) is 25.2 Å². The van der Waals surface area contributed by atoms with E-state index in [9.17, 15) is 18.0 Å². The van der Waals surface area contributed by atoms with Crippen molar-refractivity contribution in [2.45, 2.75) is 39.2 Å². The van der Waals surface area contributed by atoms with E-state index in [-0.39, 0.29) is 23.7 Å². The molecule has 1 unspecified atom stereocenters. The Hall–Kier alpha value is -1.15. The minimum absolute atomic E-state index is 0.0000837. The molecule has 1 fully saturated rings. The van der Waals surface area contributed by atoms with Gasteiger partial charge in [0.25, 0.3) is 0 Å². The van der Waals surface area contributed by atoms with E-state index < -0.39 is 16.1 Å². The molecule has 1 heterocycles. The summed E-state index contributed by atoms with van der Waals surface area (Å²) in [6.45, 7) is 4.86. The largest absolute Gasteiger partial charge is 0.359 e. The first-order valence-corrected chi connectivity index (χ1v) is 9.51. The van der Waals surface area contributed by atoms with Crippen LogP contribution in [-0.2, 0) is 19.6 Å². The van der Waals surface area contributed by atoms with E-state index in [1.54, 1.807) is 11.9 Å². The normalized spacial score (nSPS) is 18.3. The first-order chi connectivity index (χ1) is 10.1. The van der Waals surface area contributed by atoms with E-state index in [1.165, 1.54) is 0 Å². The average molecular weight is 333 g/mol. The zero-order valence-electron chi connectivity index (χ0n) is 13.8. The number of likely N-dealkylation sites (tertiary alicyclic amines) is 1. The molecule has 7 nitrogen and oxygen atoms in total. The summed E-state index contributed by atoms with van der Waals surface area (Å²) in [6.07, 6.45) is 2.74. The lowest BCUT2D eigenvalue weighted by atomic mass is 9.95. The Morgan fingerprint density at radius 3 is 2.18 bits per heavy atom. The van der Waals surface area contributed by atoms with Gasteiger partial charge in [-0.15, -0.1) is 0 Å². The molecule has 0 aromatic heterocycles. The van der Waals surface area contributed by atoms with Crippen LogP contribution in [0, 0.1) is 11.8 Å². The van der Waals surface area contributed by atoms with Gasteiger partial charge in [0, 0.05) is 26.1 Å². The van der Waals surface area contributed by atoms with Crippen LogP contribution in [0.5, 0.6) is 0 Å². The number of amides is 2. The molecular weight excluding hydrogens is 306 g/mol. The molecule has 0 aromatic carbocycles. The van der Waals surface area contributed by atoms with E-state index in [1.807, 2.05) is 13.8 Å². The molecule has 1 atom stereocenters. The molecule has 22 heavy (non-hydrogen) atoms. The summed E-state index contributed by atoms with van der Waals surface area (Å²) in [5, 5.41) is 2.62. The van der Waals surface area contributed by atoms with Crippen LogP contribution in [0.1, 0.15) is 33.1 Å². The molecule has 0 bridgehead atoms. The third kappa shape index (κ3) is 5.92. The van der Waals surface area contributed by atoms with Crippen LogP contribution in [0.2, 0.25) is 0 Å². The molecule has 1 saturated heterocycles. The highest BCUT2D eigenvalue weighted by Gasteiger charge is 2.32. The van der Waals surface area contributed by atoms with Gasteiger partial charge < -0.3 is 10.2 Å². The van der Waals surface area contributed by atoms with Crippen LogP contribution in [0.4, 0.5) is 0 Å². The second kappa shape index (κ2) is 7.92. The number of carbonyl (C=O) groups excluding carboxylic acids is 2. The maximum Gasteiger partial charge on any atom is 0.240 e. The Morgan fingerprint density at radius 2 is 1.77 bits per heavy atom. The van der Waals surface area contributed by atoms with Gasteiger partial charge in [-0.3, -0.25) is 9.59 Å². The highest BCUT2D eigenvalue weighted by atomic mass is 32.2. The quantitative estimate of drug-likeness (QED) is 0.711. The van der Waals surface area contributed by atoms with Crippen molar-refractivity contribution in [3.05, 3.63) is 0 Å². The fraction of sp³-hybridized carbons (Fsp3) is 0.857. The SMILES string of the molecule is CNC(=O)C1CCN(C(=O)C(CC(C)C)NS(C)(=O)=O)CC1. The van der Waals surface area contributed by atoms with Crippen molar-refractivity contribution in [2.75, 3.05) is 26.4 Å². The van der Waals surface area contributed by atoms with Crippen molar-refractivity contribution in [1.82, 2.24) is 14.9 Å². The van der Waals surface area contributed by atoms with Gasteiger partial charge in [0.1, 0.15) is 6.04 Å². The Bertz CT molecular complexity index is 496. The van der Waals surface area contributed by atoms with E-state index in [2.05, 4.69) is 10.0 Å². The number of hydrogen-bond donors (Lipinski definition) is 2. The standard InChI is InChI=1S/C14H27N3O4S/c1-10(2)9-12(16-22(4,20)21)14(19)17-7-5-11(6-8-17)13(18)15-3/h10-12,16H,5-9H2,1-4H3,(H,15,18). The lowest BCUT2D eigenvalue weighted by molar-refractivity contribution is -0.137. The fourth-order valence-electron chi connectivity index (χ4n) is 2.72. The number of nitrogens with zero attached hydrogens (tertiary/aromatic N) is 1. The highest BCUT2D eigenvalue weighted by molar-refractivity contribution is 7.88. The van der Waals surface area contributed by atoms with Crippen LogP contribution in [0.3, 0.4) is 0 Å². The van der Waals surface area contributed by atoms with Crippen LogP contribution < -0.4 is 10.0 Å². The first-order valence-electron chi connectivity index (χ1n) is 7.61. The maximum atomic E-state index is 12.6. The van der Waals surface area contributed by atoms with E-state index in [4.69, 9.17) is 0 Å². The first kappa shape index (κ1) is 18.9. The van der Waals surface area contributed by atoms with Gasteiger partial charge in [0.2, 0.25) is 21.8 Å². The maximum absolute atomic E-state index is 12.6. The second-order valence-electron chi connectivity index (χ2n) is 6.29. The Kier molecular flexibility index (Phi) is 6.80. The molecule has 8 heteroatoms. The van der Waals surface area contributed by atoms with Crippen molar-refractivity contribution in [3.63, 3.8) is 0 Å². The number of sulfonamides is 1. The monoisotopic (exact) mass is 333 g/mol. The molecule has 128 valence electrons. The lowest BCUT2D eigenvalue weighted by Crippen LogP contribution is -2.51. The summed E-state index contributed by atoms with van der Waals surface area (Å²) in [6, 6.07) is -0.730. The van der Waals surface area contributed by atoms with Gasteiger partial charge in [-0.2, -0.15) is 0 Å². The van der Waals surface area contributed by atoms with Gasteiger partial charge in [0.05, 0.1) is 6.26 Å². The van der Waals surface area contributed by atoms with Crippen LogP contribution in [0.15, 0.2) is 0 Å². The van der Waals surface area contributed by atoms with E-state index >= 15 is 0 Å². The topological polar surface area (TPSA) is 95.6 Å². The Balaban J connectivity index is 2.69. The second-order valence-corrected chi connectivity index (χ2v) is 8.07. The molecule has 0 radical (unpaired) electrons. The Morgan fingerprint density at radius 1 is 1.23 bits per heavy atom. The predicted molar refractivity (Wildman–Crippen MR) is 84.6 cm³/mol. The average Bonchev–Trinajstić information content (AvgIpc) is 2.43. The van der Waals surface area contributed by atoms with Crippen molar-refractivity contribution in [1.29, 1.82) is 0 Å². The van der Waals surface area contributed by atoms with Crippen molar-refractivity contribution < 1.29 is 18.0 Å². The summed E-state index contributed by atoms with van der Waals surface area (Å²) in [5.74, 6) is -0.0679. The number of hydrogen-bond acceptors (Lipinski definition) is 4. The molecule has 1 rings (SSSR count). The van der Waals surface area contributed by atoms with Crippen molar-refractivity contribution in [2.24, 2.45) is 11.8 Å². The molecule has 1 aliphatic rings. The Labute approximate surface area is 132 Å². The predicted octanol–water partition coefficient (Wildman–Crippen LogP) is -0.0651. The number of carbonyl (C=O) groups is 2. The highest BCUT2D eigenvalue weighted by Crippen LogP contribution is 2.19. The van der Waals surface area contributed by atoms with Crippen LogP contribution in [-0.4, -0.2) is 57.6 Å². The molecule has 0 aromatic rings. The molecule has 0 saturated carbocycles. The number of rotatable bonds is 6. The summed E-state index contributed by atoms with van der Waals surface area (Å²) in [4.78, 5) is 25.8. The molecule has 0 aliphatic carbocycles. The summed E-state index contributed by atoms with van der Waals surface area (Å²) < 4.78 is 25.3. The smallest absolute Gasteiger partial charge is 0.240 e. The van der Waals surface area contributed by atoms with E-state index in [0.717, 1.165) is 6.26 Å². The van der Waals surface area contributed by atoms with Crippen LogP contribution >= 0.6 is 0 Å². The van der Waals surface area contributed by atoms with Crippen molar-refractivity contribution in [3.8, 4) is 0 Å². The third-order valence-electron chi connectivity index (χ3n) is 3.79. The molecular formula is C14H27N3O4S. The molecule has 2 amide bonds. The van der Waals surface area contributed by atoms with Gasteiger partial charge >= 0.3 is 0 Å². The summed E-state index contributed by atoms with van der Waals surface area (Å²) in [7, 11) is -1.84. The van der Waals surface area contributed by atoms with Gasteiger partial charge in [0.15, 0.2) is 0 Å². The fourth-order valence-corrected chi connectivity index (χ4v) is 3.43. The van der Waals surface area contributed by atoms with Crippen molar-refractivity contribution >= 4 is 21.8 Å². The molecule has 0 spiro atoms. The zero-order valence-corrected chi connectivity index (χ0v) is 14.6. The van der Waals surface area contributed by atoms with Gasteiger partial charge in [-0.25, -0.2) is 13.1 Å².